The summed E-state index contributed by atoms with van der Waals surface area (Å²) in [4.78, 5) is 29.5. The number of benzene rings is 1. The Morgan fingerprint density at radius 1 is 1.00 bits per heavy atom. The number of nitrogens with one attached hydrogen (secondary N) is 1. The quantitative estimate of drug-likeness (QED) is 0.662. The lowest BCUT2D eigenvalue weighted by Crippen LogP contribution is -2.52. The smallest absolute Gasteiger partial charge is 0.267 e. The van der Waals surface area contributed by atoms with Crippen molar-refractivity contribution >= 4 is 5.91 Å². The molecule has 170 valence electrons. The molecule has 0 saturated heterocycles. The molecule has 1 aliphatic carbocycles. The number of amides is 1. The largest absolute Gasteiger partial charge is 0.482 e. The number of pyridine rings is 1. The Morgan fingerprint density at radius 3 is 2.48 bits per heavy atom. The van der Waals surface area contributed by atoms with Crippen LogP contribution in [0.5, 0.6) is 11.5 Å². The number of nitrogens with zero attached hydrogens (tertiary/aromatic N) is 3. The first kappa shape index (κ1) is 21.2. The molecule has 8 heteroatoms. The van der Waals surface area contributed by atoms with Crippen LogP contribution in [0.25, 0.3) is 11.3 Å². The van der Waals surface area contributed by atoms with Crippen molar-refractivity contribution in [2.75, 3.05) is 0 Å². The van der Waals surface area contributed by atoms with Crippen molar-refractivity contribution in [3.05, 3.63) is 71.3 Å². The summed E-state index contributed by atoms with van der Waals surface area (Å²) in [5.74, 6) is 1.06. The average molecular weight is 447 g/mol. The number of para-hydroxylation sites is 2. The third-order valence-corrected chi connectivity index (χ3v) is 6.27. The summed E-state index contributed by atoms with van der Waals surface area (Å²) in [5, 5.41) is 7.71. The second kappa shape index (κ2) is 9.05. The fraction of sp³-hybridized carbons (Fsp3) is 0.360. The van der Waals surface area contributed by atoms with E-state index < -0.39 is 6.10 Å². The molecule has 1 aromatic carbocycles. The van der Waals surface area contributed by atoms with Crippen LogP contribution in [-0.2, 0) is 4.79 Å². The van der Waals surface area contributed by atoms with E-state index >= 15 is 0 Å². The molecule has 3 heterocycles. The molecule has 1 amide bonds. The van der Waals surface area contributed by atoms with Gasteiger partial charge in [-0.15, -0.1) is 0 Å². The highest BCUT2D eigenvalue weighted by Crippen LogP contribution is 2.34. The van der Waals surface area contributed by atoms with Crippen molar-refractivity contribution in [3.63, 3.8) is 0 Å². The minimum absolute atomic E-state index is 0.00216. The Kier molecular flexibility index (Phi) is 5.81. The summed E-state index contributed by atoms with van der Waals surface area (Å²) < 4.78 is 13.3. The minimum atomic E-state index is -0.696. The molecular weight excluding hydrogens is 420 g/mol. The minimum Gasteiger partial charge on any atom is -0.482 e. The fourth-order valence-electron chi connectivity index (χ4n) is 4.51. The summed E-state index contributed by atoms with van der Waals surface area (Å²) in [5.41, 5.74) is 1.48. The van der Waals surface area contributed by atoms with Gasteiger partial charge in [0.2, 0.25) is 6.10 Å². The predicted molar refractivity (Wildman–Crippen MR) is 122 cm³/mol. The molecule has 2 atom stereocenters. The summed E-state index contributed by atoms with van der Waals surface area (Å²) in [6.07, 6.45) is 5.41. The lowest BCUT2D eigenvalue weighted by Gasteiger charge is -2.34. The van der Waals surface area contributed by atoms with Crippen molar-refractivity contribution < 1.29 is 14.3 Å². The van der Waals surface area contributed by atoms with Gasteiger partial charge in [0.15, 0.2) is 11.5 Å². The number of hydrogen-bond acceptors (Lipinski definition) is 6. The second-order valence-electron chi connectivity index (χ2n) is 8.57. The zero-order valence-corrected chi connectivity index (χ0v) is 18.4. The fourth-order valence-corrected chi connectivity index (χ4v) is 4.51. The number of aromatic nitrogens is 3. The van der Waals surface area contributed by atoms with Gasteiger partial charge < -0.3 is 14.8 Å². The van der Waals surface area contributed by atoms with Crippen LogP contribution in [-0.4, -0.2) is 38.9 Å². The molecule has 2 aromatic heterocycles. The van der Waals surface area contributed by atoms with Gasteiger partial charge in [-0.1, -0.05) is 12.1 Å². The maximum atomic E-state index is 12.9. The van der Waals surface area contributed by atoms with Gasteiger partial charge in [0.05, 0.1) is 11.7 Å². The van der Waals surface area contributed by atoms with E-state index in [1.807, 2.05) is 37.3 Å². The van der Waals surface area contributed by atoms with Gasteiger partial charge in [-0.2, -0.15) is 5.10 Å². The van der Waals surface area contributed by atoms with Gasteiger partial charge in [0.1, 0.15) is 6.10 Å². The Morgan fingerprint density at radius 2 is 1.76 bits per heavy atom. The summed E-state index contributed by atoms with van der Waals surface area (Å²) in [7, 11) is 0. The van der Waals surface area contributed by atoms with E-state index in [1.165, 1.54) is 0 Å². The van der Waals surface area contributed by atoms with Gasteiger partial charge >= 0.3 is 0 Å². The second-order valence-corrected chi connectivity index (χ2v) is 8.57. The highest BCUT2D eigenvalue weighted by Gasteiger charge is 2.35. The first-order chi connectivity index (χ1) is 16.1. The van der Waals surface area contributed by atoms with E-state index in [1.54, 1.807) is 35.3 Å². The maximum Gasteiger partial charge on any atom is 0.267 e. The van der Waals surface area contributed by atoms with E-state index in [0.29, 0.717) is 11.5 Å². The molecule has 0 spiro atoms. The Balaban J connectivity index is 1.21. The number of rotatable bonds is 4. The number of hydrogen-bond donors (Lipinski definition) is 1. The van der Waals surface area contributed by atoms with E-state index in [9.17, 15) is 9.59 Å². The molecule has 1 saturated carbocycles. The molecule has 2 aliphatic rings. The van der Waals surface area contributed by atoms with Crippen molar-refractivity contribution in [1.29, 1.82) is 0 Å². The van der Waals surface area contributed by atoms with Crippen LogP contribution in [0.1, 0.15) is 38.6 Å². The van der Waals surface area contributed by atoms with E-state index in [2.05, 4.69) is 15.4 Å². The molecule has 2 unspecified atom stereocenters. The van der Waals surface area contributed by atoms with Gasteiger partial charge in [0, 0.05) is 30.1 Å². The summed E-state index contributed by atoms with van der Waals surface area (Å²) in [6.45, 7) is 1.84. The molecular formula is C25H26N4O4. The molecule has 33 heavy (non-hydrogen) atoms. The monoisotopic (exact) mass is 446 g/mol. The van der Waals surface area contributed by atoms with Crippen LogP contribution in [0.3, 0.4) is 0 Å². The molecule has 1 aliphatic heterocycles. The third kappa shape index (κ3) is 4.46. The molecule has 1 N–H and O–H groups in total. The zero-order chi connectivity index (χ0) is 22.8. The van der Waals surface area contributed by atoms with Crippen LogP contribution in [0.15, 0.2) is 65.7 Å². The number of carbonyl (C=O) groups excluding carboxylic acids is 1. The average Bonchev–Trinajstić information content (AvgIpc) is 2.85. The lowest BCUT2D eigenvalue weighted by molar-refractivity contribution is -0.134. The van der Waals surface area contributed by atoms with Gasteiger partial charge in [-0.25, -0.2) is 4.68 Å². The van der Waals surface area contributed by atoms with Gasteiger partial charge in [-0.3, -0.25) is 14.6 Å². The first-order valence-electron chi connectivity index (χ1n) is 11.3. The van der Waals surface area contributed by atoms with Crippen LogP contribution >= 0.6 is 0 Å². The molecule has 3 aromatic rings. The van der Waals surface area contributed by atoms with Crippen LogP contribution < -0.4 is 20.3 Å². The van der Waals surface area contributed by atoms with Crippen molar-refractivity contribution in [3.8, 4) is 22.8 Å². The molecule has 8 nitrogen and oxygen atoms in total. The highest BCUT2D eigenvalue weighted by molar-refractivity contribution is 5.82. The van der Waals surface area contributed by atoms with Crippen LogP contribution in [0, 0.1) is 0 Å². The van der Waals surface area contributed by atoms with Crippen molar-refractivity contribution in [2.45, 2.75) is 56.9 Å². The zero-order valence-electron chi connectivity index (χ0n) is 18.4. The number of fused-ring (bicyclic) bond motifs is 1. The van der Waals surface area contributed by atoms with Crippen molar-refractivity contribution in [1.82, 2.24) is 20.1 Å². The lowest BCUT2D eigenvalue weighted by atomic mass is 9.91. The van der Waals surface area contributed by atoms with Crippen molar-refractivity contribution in [2.24, 2.45) is 0 Å². The maximum absolute atomic E-state index is 12.9. The predicted octanol–water partition coefficient (Wildman–Crippen LogP) is 3.13. The molecule has 5 rings (SSSR count). The summed E-state index contributed by atoms with van der Waals surface area (Å²) >= 11 is 0. The van der Waals surface area contributed by atoms with Crippen LogP contribution in [0.2, 0.25) is 0 Å². The summed E-state index contributed by atoms with van der Waals surface area (Å²) in [6, 6.07) is 14.5. The molecule has 0 bridgehead atoms. The third-order valence-electron chi connectivity index (χ3n) is 6.27. The van der Waals surface area contributed by atoms with E-state index in [4.69, 9.17) is 9.47 Å². The van der Waals surface area contributed by atoms with Gasteiger partial charge in [-0.05, 0) is 62.9 Å². The normalized spacial score (nSPS) is 24.2. The molecule has 1 fully saturated rings. The van der Waals surface area contributed by atoms with E-state index in [0.717, 1.165) is 36.9 Å². The SMILES string of the molecule is CC1Oc2ccccc2OC1C(=O)NC1CCC(n2nc(-c3cccnc3)ccc2=O)CC1. The first-order valence-corrected chi connectivity index (χ1v) is 11.3. The van der Waals surface area contributed by atoms with E-state index in [-0.39, 0.29) is 29.7 Å². The standard InChI is InChI=1S/C25H26N4O4/c1-16-24(33-22-7-3-2-6-21(22)32-16)25(31)27-18-8-10-19(11-9-18)29-23(30)13-12-20(28-29)17-5-4-14-26-15-17/h2-7,12-16,18-19,24H,8-11H2,1H3,(H,27,31). The van der Waals surface area contributed by atoms with Crippen LogP contribution in [0.4, 0.5) is 0 Å². The number of ether oxygens (including phenoxy) is 2. The molecule has 0 radical (unpaired) electrons. The topological polar surface area (TPSA) is 95.3 Å². The Hall–Kier alpha value is -3.68. The Bertz CT molecular complexity index is 1190. The number of carbonyl (C=O) groups is 1. The Labute approximate surface area is 191 Å². The van der Waals surface area contributed by atoms with Gasteiger partial charge in [0.25, 0.3) is 11.5 Å². The highest BCUT2D eigenvalue weighted by atomic mass is 16.6.